The standard InChI is InChI=1S/C14H22N2O2/c17-11-12-9-15-16(10-12)13-4-7-18-14(8-13)5-2-1-3-6-14/h9-10,13,17H,1-8,11H2. The Bertz CT molecular complexity index is 391. The smallest absolute Gasteiger partial charge is 0.0712 e. The van der Waals surface area contributed by atoms with Gasteiger partial charge in [0.1, 0.15) is 0 Å². The largest absolute Gasteiger partial charge is 0.392 e. The van der Waals surface area contributed by atoms with E-state index in [1.54, 1.807) is 6.20 Å². The molecule has 1 unspecified atom stereocenters. The van der Waals surface area contributed by atoms with Crippen LogP contribution in [0.1, 0.15) is 56.6 Å². The van der Waals surface area contributed by atoms with Crippen molar-refractivity contribution in [3.63, 3.8) is 0 Å². The van der Waals surface area contributed by atoms with Gasteiger partial charge in [0.15, 0.2) is 0 Å². The minimum atomic E-state index is 0.0777. The lowest BCUT2D eigenvalue weighted by Gasteiger charge is -2.43. The lowest BCUT2D eigenvalue weighted by atomic mass is 9.78. The van der Waals surface area contributed by atoms with Crippen molar-refractivity contribution in [2.75, 3.05) is 6.61 Å². The number of aliphatic hydroxyl groups excluding tert-OH is 1. The fraction of sp³-hybridized carbons (Fsp3) is 0.786. The molecule has 2 aliphatic rings. The van der Waals surface area contributed by atoms with Gasteiger partial charge in [0.05, 0.1) is 24.4 Å². The third kappa shape index (κ3) is 2.31. The van der Waals surface area contributed by atoms with E-state index in [4.69, 9.17) is 9.84 Å². The average Bonchev–Trinajstić information content (AvgIpc) is 2.88. The van der Waals surface area contributed by atoms with Crippen LogP contribution < -0.4 is 0 Å². The Kier molecular flexibility index (Phi) is 3.39. The van der Waals surface area contributed by atoms with Crippen LogP contribution in [0.25, 0.3) is 0 Å². The van der Waals surface area contributed by atoms with Crippen molar-refractivity contribution in [1.82, 2.24) is 9.78 Å². The summed E-state index contributed by atoms with van der Waals surface area (Å²) in [5.74, 6) is 0. The molecule has 1 aromatic rings. The Labute approximate surface area is 108 Å². The zero-order valence-corrected chi connectivity index (χ0v) is 10.8. The normalized spacial score (nSPS) is 27.5. The third-order valence-corrected chi connectivity index (χ3v) is 4.44. The van der Waals surface area contributed by atoms with Crippen LogP contribution in [-0.4, -0.2) is 27.1 Å². The van der Waals surface area contributed by atoms with Crippen molar-refractivity contribution < 1.29 is 9.84 Å². The third-order valence-electron chi connectivity index (χ3n) is 4.44. The Hall–Kier alpha value is -0.870. The fourth-order valence-corrected chi connectivity index (χ4v) is 3.43. The molecular weight excluding hydrogens is 228 g/mol. The number of rotatable bonds is 2. The molecule has 100 valence electrons. The van der Waals surface area contributed by atoms with Gasteiger partial charge in [0.25, 0.3) is 0 Å². The highest BCUT2D eigenvalue weighted by Crippen LogP contribution is 2.42. The molecule has 4 heteroatoms. The molecule has 1 aromatic heterocycles. The van der Waals surface area contributed by atoms with Crippen LogP contribution in [0.3, 0.4) is 0 Å². The van der Waals surface area contributed by atoms with Crippen LogP contribution in [-0.2, 0) is 11.3 Å². The summed E-state index contributed by atoms with van der Waals surface area (Å²) in [4.78, 5) is 0. The molecule has 0 amide bonds. The van der Waals surface area contributed by atoms with Gasteiger partial charge in [-0.15, -0.1) is 0 Å². The molecule has 1 spiro atoms. The number of hydrogen-bond donors (Lipinski definition) is 1. The van der Waals surface area contributed by atoms with Crippen LogP contribution in [0.2, 0.25) is 0 Å². The summed E-state index contributed by atoms with van der Waals surface area (Å²) >= 11 is 0. The zero-order valence-electron chi connectivity index (χ0n) is 10.8. The molecule has 2 fully saturated rings. The SMILES string of the molecule is OCc1cnn(C2CCOC3(CCCCC3)C2)c1. The van der Waals surface area contributed by atoms with Gasteiger partial charge in [-0.05, 0) is 25.7 Å². The molecule has 4 nitrogen and oxygen atoms in total. The predicted octanol–water partition coefficient (Wildman–Crippen LogP) is 2.43. The van der Waals surface area contributed by atoms with E-state index >= 15 is 0 Å². The van der Waals surface area contributed by atoms with Crippen LogP contribution in [0.4, 0.5) is 0 Å². The van der Waals surface area contributed by atoms with Gasteiger partial charge in [0.2, 0.25) is 0 Å². The maximum atomic E-state index is 9.11. The minimum absolute atomic E-state index is 0.0777. The molecule has 2 heterocycles. The summed E-state index contributed by atoms with van der Waals surface area (Å²) in [6.45, 7) is 0.924. The van der Waals surface area contributed by atoms with E-state index in [1.165, 1.54) is 32.1 Å². The highest BCUT2D eigenvalue weighted by atomic mass is 16.5. The summed E-state index contributed by atoms with van der Waals surface area (Å²) in [6, 6.07) is 0.442. The first-order valence-electron chi connectivity index (χ1n) is 7.09. The highest BCUT2D eigenvalue weighted by Gasteiger charge is 2.39. The Morgan fingerprint density at radius 2 is 2.22 bits per heavy atom. The van der Waals surface area contributed by atoms with Crippen molar-refractivity contribution in [3.05, 3.63) is 18.0 Å². The topological polar surface area (TPSA) is 47.3 Å². The van der Waals surface area contributed by atoms with E-state index in [1.807, 2.05) is 10.9 Å². The van der Waals surface area contributed by atoms with Gasteiger partial charge >= 0.3 is 0 Å². The number of nitrogens with zero attached hydrogens (tertiary/aromatic N) is 2. The summed E-state index contributed by atoms with van der Waals surface area (Å²) in [5, 5.41) is 13.5. The second kappa shape index (κ2) is 5.02. The van der Waals surface area contributed by atoms with Crippen LogP contribution in [0.15, 0.2) is 12.4 Å². The van der Waals surface area contributed by atoms with Crippen LogP contribution in [0.5, 0.6) is 0 Å². The van der Waals surface area contributed by atoms with Gasteiger partial charge in [-0.1, -0.05) is 19.3 Å². The van der Waals surface area contributed by atoms with Crippen molar-refractivity contribution >= 4 is 0 Å². The summed E-state index contributed by atoms with van der Waals surface area (Å²) in [7, 11) is 0. The second-order valence-corrected chi connectivity index (χ2v) is 5.73. The quantitative estimate of drug-likeness (QED) is 0.877. The van der Waals surface area contributed by atoms with Crippen LogP contribution >= 0.6 is 0 Å². The highest BCUT2D eigenvalue weighted by molar-refractivity contribution is 5.03. The first-order chi connectivity index (χ1) is 8.81. The maximum absolute atomic E-state index is 9.11. The zero-order chi connectivity index (χ0) is 12.4. The summed E-state index contributed by atoms with van der Waals surface area (Å²) in [5.41, 5.74) is 1.02. The second-order valence-electron chi connectivity index (χ2n) is 5.73. The number of ether oxygens (including phenoxy) is 1. The van der Waals surface area contributed by atoms with E-state index in [-0.39, 0.29) is 12.2 Å². The summed E-state index contributed by atoms with van der Waals surface area (Å²) in [6.07, 6.45) is 12.2. The van der Waals surface area contributed by atoms with E-state index in [0.29, 0.717) is 6.04 Å². The van der Waals surface area contributed by atoms with Gasteiger partial charge in [-0.2, -0.15) is 5.10 Å². The van der Waals surface area contributed by atoms with E-state index < -0.39 is 0 Å². The van der Waals surface area contributed by atoms with Crippen molar-refractivity contribution in [2.45, 2.75) is 63.2 Å². The lowest BCUT2D eigenvalue weighted by Crippen LogP contribution is -2.42. The van der Waals surface area contributed by atoms with E-state index in [2.05, 4.69) is 5.10 Å². The van der Waals surface area contributed by atoms with Crippen molar-refractivity contribution in [2.24, 2.45) is 0 Å². The lowest BCUT2D eigenvalue weighted by molar-refractivity contribution is -0.115. The molecule has 1 atom stereocenters. The first-order valence-corrected chi connectivity index (χ1v) is 7.09. The molecule has 3 rings (SSSR count). The molecular formula is C14H22N2O2. The Balaban J connectivity index is 1.73. The fourth-order valence-electron chi connectivity index (χ4n) is 3.43. The van der Waals surface area contributed by atoms with Gasteiger partial charge in [0, 0.05) is 18.4 Å². The molecule has 1 saturated heterocycles. The van der Waals surface area contributed by atoms with Crippen molar-refractivity contribution in [1.29, 1.82) is 0 Å². The number of hydrogen-bond acceptors (Lipinski definition) is 3. The average molecular weight is 250 g/mol. The van der Waals surface area contributed by atoms with E-state index in [9.17, 15) is 0 Å². The van der Waals surface area contributed by atoms with E-state index in [0.717, 1.165) is 25.0 Å². The van der Waals surface area contributed by atoms with Gasteiger partial charge in [-0.3, -0.25) is 4.68 Å². The Morgan fingerprint density at radius 1 is 1.39 bits per heavy atom. The molecule has 0 aromatic carbocycles. The monoisotopic (exact) mass is 250 g/mol. The molecule has 18 heavy (non-hydrogen) atoms. The van der Waals surface area contributed by atoms with Gasteiger partial charge in [-0.25, -0.2) is 0 Å². The first kappa shape index (κ1) is 12.2. The van der Waals surface area contributed by atoms with Gasteiger partial charge < -0.3 is 9.84 Å². The number of aromatic nitrogens is 2. The molecule has 0 bridgehead atoms. The number of aliphatic hydroxyl groups is 1. The molecule has 1 saturated carbocycles. The molecule has 1 aliphatic heterocycles. The minimum Gasteiger partial charge on any atom is -0.392 e. The van der Waals surface area contributed by atoms with Crippen molar-refractivity contribution in [3.8, 4) is 0 Å². The molecule has 1 aliphatic carbocycles. The molecule has 1 N–H and O–H groups in total. The Morgan fingerprint density at radius 3 is 2.94 bits per heavy atom. The molecule has 0 radical (unpaired) electrons. The predicted molar refractivity (Wildman–Crippen MR) is 68.2 cm³/mol. The van der Waals surface area contributed by atoms with Crippen LogP contribution in [0, 0.1) is 0 Å². The maximum Gasteiger partial charge on any atom is 0.0712 e. The summed E-state index contributed by atoms with van der Waals surface area (Å²) < 4.78 is 8.13.